The van der Waals surface area contributed by atoms with Gasteiger partial charge >= 0.3 is 5.97 Å². The van der Waals surface area contributed by atoms with E-state index >= 15 is 0 Å². The van der Waals surface area contributed by atoms with E-state index in [-0.39, 0.29) is 30.0 Å². The lowest BCUT2D eigenvalue weighted by atomic mass is 9.59. The van der Waals surface area contributed by atoms with Crippen LogP contribution in [0.2, 0.25) is 0 Å². The van der Waals surface area contributed by atoms with Gasteiger partial charge in [0.25, 0.3) is 0 Å². The molecular weight excluding hydrogens is 284 g/mol. The van der Waals surface area contributed by atoms with Crippen molar-refractivity contribution >= 4 is 5.97 Å². The van der Waals surface area contributed by atoms with E-state index in [0.717, 1.165) is 31.7 Å². The van der Waals surface area contributed by atoms with Gasteiger partial charge in [-0.1, -0.05) is 19.0 Å². The van der Waals surface area contributed by atoms with Crippen LogP contribution in [0.5, 0.6) is 0 Å². The number of fused-ring (bicyclic) bond motifs is 1. The first-order valence-corrected chi connectivity index (χ1v) is 8.19. The minimum atomic E-state index is -0.186. The van der Waals surface area contributed by atoms with Crippen LogP contribution in [0, 0.1) is 11.3 Å². The molecule has 0 bridgehead atoms. The van der Waals surface area contributed by atoms with Gasteiger partial charge in [-0.15, -0.1) is 0 Å². The van der Waals surface area contributed by atoms with Crippen molar-refractivity contribution < 1.29 is 18.8 Å². The van der Waals surface area contributed by atoms with Gasteiger partial charge in [-0.2, -0.15) is 4.98 Å². The zero-order valence-electron chi connectivity index (χ0n) is 13.1. The van der Waals surface area contributed by atoms with Crippen LogP contribution in [-0.2, 0) is 20.7 Å². The first kappa shape index (κ1) is 14.2. The molecule has 3 aliphatic rings. The van der Waals surface area contributed by atoms with E-state index in [4.69, 9.17) is 14.0 Å². The molecule has 1 aromatic heterocycles. The van der Waals surface area contributed by atoms with E-state index in [1.54, 1.807) is 0 Å². The Morgan fingerprint density at radius 3 is 2.95 bits per heavy atom. The average Bonchev–Trinajstić information content (AvgIpc) is 3.06. The maximum atomic E-state index is 12.1. The van der Waals surface area contributed by atoms with Gasteiger partial charge in [-0.25, -0.2) is 0 Å². The van der Waals surface area contributed by atoms with Gasteiger partial charge in [0.1, 0.15) is 6.10 Å². The van der Waals surface area contributed by atoms with Gasteiger partial charge in [0.2, 0.25) is 5.89 Å². The van der Waals surface area contributed by atoms with Crippen molar-refractivity contribution in [2.24, 2.45) is 11.3 Å². The summed E-state index contributed by atoms with van der Waals surface area (Å²) in [5.41, 5.74) is -0.0829. The molecule has 3 atom stereocenters. The van der Waals surface area contributed by atoms with Crippen molar-refractivity contribution in [2.45, 2.75) is 64.1 Å². The van der Waals surface area contributed by atoms with Crippen molar-refractivity contribution in [3.05, 3.63) is 11.7 Å². The summed E-state index contributed by atoms with van der Waals surface area (Å²) in [7, 11) is 0. The Kier molecular flexibility index (Phi) is 3.25. The predicted octanol–water partition coefficient (Wildman–Crippen LogP) is 2.24. The van der Waals surface area contributed by atoms with Crippen LogP contribution in [0.4, 0.5) is 0 Å². The van der Waals surface area contributed by atoms with Gasteiger partial charge in [0, 0.05) is 30.3 Å². The van der Waals surface area contributed by atoms with Gasteiger partial charge in [-0.3, -0.25) is 4.79 Å². The molecule has 1 aromatic rings. The molecule has 6 heteroatoms. The van der Waals surface area contributed by atoms with Crippen molar-refractivity contribution in [1.29, 1.82) is 0 Å². The van der Waals surface area contributed by atoms with Crippen LogP contribution in [0.3, 0.4) is 0 Å². The van der Waals surface area contributed by atoms with Gasteiger partial charge in [-0.05, 0) is 19.3 Å². The molecule has 0 spiro atoms. The van der Waals surface area contributed by atoms with Crippen molar-refractivity contribution in [1.82, 2.24) is 10.1 Å². The van der Waals surface area contributed by atoms with E-state index in [1.807, 2.05) is 0 Å². The minimum Gasteiger partial charge on any atom is -0.461 e. The molecule has 0 unspecified atom stereocenters. The fraction of sp³-hybridized carbons (Fsp3) is 0.812. The number of nitrogens with zero attached hydrogens (tertiary/aromatic N) is 2. The second kappa shape index (κ2) is 5.05. The second-order valence-corrected chi connectivity index (χ2v) is 7.30. The van der Waals surface area contributed by atoms with Crippen molar-refractivity contribution in [3.63, 3.8) is 0 Å². The number of esters is 1. The summed E-state index contributed by atoms with van der Waals surface area (Å²) in [5.74, 6) is 1.97. The quantitative estimate of drug-likeness (QED) is 0.777. The molecule has 1 saturated heterocycles. The van der Waals surface area contributed by atoms with Crippen LogP contribution in [0.1, 0.15) is 57.2 Å². The lowest BCUT2D eigenvalue weighted by Gasteiger charge is -2.53. The average molecular weight is 306 g/mol. The van der Waals surface area contributed by atoms with E-state index in [9.17, 15) is 4.79 Å². The molecule has 120 valence electrons. The second-order valence-electron chi connectivity index (χ2n) is 7.30. The monoisotopic (exact) mass is 306 g/mol. The topological polar surface area (TPSA) is 74.5 Å². The lowest BCUT2D eigenvalue weighted by molar-refractivity contribution is -0.210. The first-order valence-electron chi connectivity index (χ1n) is 8.19. The highest BCUT2D eigenvalue weighted by molar-refractivity contribution is 5.70. The normalized spacial score (nSPS) is 32.4. The SMILES string of the molecule is CC1(C)[C@@H]2OCC[C@@H]2[C@H]1OC(=O)CCc1nc(C2CC2)no1. The predicted molar refractivity (Wildman–Crippen MR) is 76.1 cm³/mol. The van der Waals surface area contributed by atoms with Crippen molar-refractivity contribution in [3.8, 4) is 0 Å². The molecule has 4 rings (SSSR count). The van der Waals surface area contributed by atoms with E-state index < -0.39 is 0 Å². The number of carbonyl (C=O) groups is 1. The maximum Gasteiger partial charge on any atom is 0.306 e. The molecule has 0 aromatic carbocycles. The fourth-order valence-corrected chi connectivity index (χ4v) is 3.80. The van der Waals surface area contributed by atoms with E-state index in [0.29, 0.717) is 24.1 Å². The van der Waals surface area contributed by atoms with Crippen LogP contribution in [0.15, 0.2) is 4.52 Å². The largest absolute Gasteiger partial charge is 0.461 e. The Morgan fingerprint density at radius 2 is 2.18 bits per heavy atom. The molecule has 2 aliphatic carbocycles. The standard InChI is InChI=1S/C16H22N2O4/c1-16(2)13-10(7-8-20-13)14(16)21-12(19)6-5-11-17-15(18-22-11)9-3-4-9/h9-10,13-14H,3-8H2,1-2H3/t10-,13+,14+/m0/s1. The summed E-state index contributed by atoms with van der Waals surface area (Å²) >= 11 is 0. The van der Waals surface area contributed by atoms with Gasteiger partial charge in [0.15, 0.2) is 5.82 Å². The Labute approximate surface area is 129 Å². The Hall–Kier alpha value is -1.43. The highest BCUT2D eigenvalue weighted by Gasteiger charge is 2.61. The summed E-state index contributed by atoms with van der Waals surface area (Å²) in [4.78, 5) is 16.4. The molecule has 1 aliphatic heterocycles. The summed E-state index contributed by atoms with van der Waals surface area (Å²) < 4.78 is 16.6. The van der Waals surface area contributed by atoms with Crippen LogP contribution < -0.4 is 0 Å². The number of hydrogen-bond donors (Lipinski definition) is 0. The number of ether oxygens (including phenoxy) is 2. The Bertz CT molecular complexity index is 578. The Balaban J connectivity index is 1.29. The number of aromatic nitrogens is 2. The van der Waals surface area contributed by atoms with Gasteiger partial charge < -0.3 is 14.0 Å². The molecule has 3 fully saturated rings. The van der Waals surface area contributed by atoms with Crippen molar-refractivity contribution in [2.75, 3.05) is 6.61 Å². The lowest BCUT2D eigenvalue weighted by Crippen LogP contribution is -2.61. The zero-order valence-corrected chi connectivity index (χ0v) is 13.1. The van der Waals surface area contributed by atoms with Crippen LogP contribution in [-0.4, -0.2) is 34.9 Å². The Morgan fingerprint density at radius 1 is 1.36 bits per heavy atom. The number of hydrogen-bond acceptors (Lipinski definition) is 6. The highest BCUT2D eigenvalue weighted by Crippen LogP contribution is 2.53. The molecule has 0 radical (unpaired) electrons. The smallest absolute Gasteiger partial charge is 0.306 e. The van der Waals surface area contributed by atoms with Crippen LogP contribution in [0.25, 0.3) is 0 Å². The molecular formula is C16H22N2O4. The maximum absolute atomic E-state index is 12.1. The molecule has 0 N–H and O–H groups in total. The molecule has 2 saturated carbocycles. The number of aryl methyl sites for hydroxylation is 1. The number of carbonyl (C=O) groups excluding carboxylic acids is 1. The summed E-state index contributed by atoms with van der Waals surface area (Å²) in [6.45, 7) is 4.99. The minimum absolute atomic E-state index is 0.0304. The molecule has 0 amide bonds. The molecule has 6 nitrogen and oxygen atoms in total. The van der Waals surface area contributed by atoms with Crippen LogP contribution >= 0.6 is 0 Å². The van der Waals surface area contributed by atoms with E-state index in [1.165, 1.54) is 0 Å². The van der Waals surface area contributed by atoms with Gasteiger partial charge in [0.05, 0.1) is 12.5 Å². The summed E-state index contributed by atoms with van der Waals surface area (Å²) in [6.07, 6.45) is 4.22. The zero-order chi connectivity index (χ0) is 15.3. The number of rotatable bonds is 5. The third-order valence-electron chi connectivity index (χ3n) is 5.22. The first-order chi connectivity index (χ1) is 10.6. The summed E-state index contributed by atoms with van der Waals surface area (Å²) in [6, 6.07) is 0. The fourth-order valence-electron chi connectivity index (χ4n) is 3.80. The third kappa shape index (κ3) is 2.33. The highest BCUT2D eigenvalue weighted by atomic mass is 16.6. The summed E-state index contributed by atoms with van der Waals surface area (Å²) in [5, 5.41) is 3.96. The third-order valence-corrected chi connectivity index (χ3v) is 5.22. The van der Waals surface area contributed by atoms with E-state index in [2.05, 4.69) is 24.0 Å². The molecule has 22 heavy (non-hydrogen) atoms. The molecule has 2 heterocycles.